The molecule has 2 amide bonds. The minimum Gasteiger partial charge on any atom is -0.452 e. The Morgan fingerprint density at radius 2 is 1.93 bits per heavy atom. The Balaban J connectivity index is 1.62. The molecule has 2 N–H and O–H groups in total. The summed E-state index contributed by atoms with van der Waals surface area (Å²) in [5.41, 5.74) is 4.53. The van der Waals surface area contributed by atoms with E-state index in [0.29, 0.717) is 0 Å². The maximum absolute atomic E-state index is 13.5. The van der Waals surface area contributed by atoms with Gasteiger partial charge in [-0.1, -0.05) is 40.2 Å². The van der Waals surface area contributed by atoms with Crippen molar-refractivity contribution in [2.45, 2.75) is 32.2 Å². The predicted molar refractivity (Wildman–Crippen MR) is 116 cm³/mol. The number of hydrogen-bond acceptors (Lipinski definition) is 4. The standard InChI is InChI=1S/C22H25BrN4O3/c1-12(2)27(26-22(29)30-3)21(28)19-15-5-4-14(10-15)18(19)20-24-11-17(25-20)13-6-8-16(23)9-7-13/h4-9,11-12,14-15,18-19H,10H2,1-3H3,(H,24,25)(H,26,29)/t14?,15?,18-,19+/m0/s1. The minimum absolute atomic E-state index is 0.0580. The number of hydrazine groups is 1. The van der Waals surface area contributed by atoms with Crippen LogP contribution in [-0.4, -0.2) is 40.1 Å². The summed E-state index contributed by atoms with van der Waals surface area (Å²) in [6.07, 6.45) is 6.40. The molecule has 1 heterocycles. The van der Waals surface area contributed by atoms with Gasteiger partial charge >= 0.3 is 6.09 Å². The first kappa shape index (κ1) is 20.7. The van der Waals surface area contributed by atoms with Gasteiger partial charge in [0, 0.05) is 16.4 Å². The number of ether oxygens (including phenoxy) is 1. The monoisotopic (exact) mass is 472 g/mol. The number of aromatic amines is 1. The fourth-order valence-electron chi connectivity index (χ4n) is 4.56. The summed E-state index contributed by atoms with van der Waals surface area (Å²) in [7, 11) is 1.29. The number of halogens is 1. The van der Waals surface area contributed by atoms with Gasteiger partial charge in [-0.2, -0.15) is 0 Å². The Morgan fingerprint density at radius 1 is 1.23 bits per heavy atom. The summed E-state index contributed by atoms with van der Waals surface area (Å²) < 4.78 is 5.71. The summed E-state index contributed by atoms with van der Waals surface area (Å²) in [6, 6.07) is 7.81. The van der Waals surface area contributed by atoms with Gasteiger partial charge in [0.2, 0.25) is 5.91 Å². The molecule has 4 rings (SSSR count). The SMILES string of the molecule is COC(=O)NN(C(=O)[C@@H]1C2C=CC(C2)[C@@H]1c1ncc(-c2ccc(Br)cc2)[nH]1)C(C)C. The molecule has 2 bridgehead atoms. The zero-order valence-corrected chi connectivity index (χ0v) is 18.7. The molecule has 158 valence electrons. The lowest BCUT2D eigenvalue weighted by Crippen LogP contribution is -2.53. The number of imidazole rings is 1. The minimum atomic E-state index is -0.650. The van der Waals surface area contributed by atoms with Crippen LogP contribution in [0.4, 0.5) is 4.79 Å². The second-order valence-corrected chi connectivity index (χ2v) is 9.01. The average Bonchev–Trinajstić information content (AvgIpc) is 3.47. The lowest BCUT2D eigenvalue weighted by molar-refractivity contribution is -0.141. The van der Waals surface area contributed by atoms with Crippen LogP contribution in [0, 0.1) is 17.8 Å². The number of amides is 2. The number of fused-ring (bicyclic) bond motifs is 2. The van der Waals surface area contributed by atoms with Gasteiger partial charge in [0.05, 0.1) is 24.9 Å². The van der Waals surface area contributed by atoms with Crippen molar-refractivity contribution in [2.75, 3.05) is 7.11 Å². The normalized spacial score (nSPS) is 24.3. The van der Waals surface area contributed by atoms with Crippen LogP contribution in [0.1, 0.15) is 32.0 Å². The second kappa shape index (κ2) is 8.26. The number of hydrogen-bond donors (Lipinski definition) is 2. The topological polar surface area (TPSA) is 87.3 Å². The Hall–Kier alpha value is -2.61. The van der Waals surface area contributed by atoms with Gasteiger partial charge in [0.1, 0.15) is 5.82 Å². The van der Waals surface area contributed by atoms with Crippen molar-refractivity contribution >= 4 is 27.9 Å². The number of nitrogens with one attached hydrogen (secondary N) is 2. The molecule has 0 spiro atoms. The lowest BCUT2D eigenvalue weighted by Gasteiger charge is -2.33. The van der Waals surface area contributed by atoms with E-state index in [2.05, 4.69) is 43.5 Å². The summed E-state index contributed by atoms with van der Waals surface area (Å²) in [6.45, 7) is 3.73. The quantitative estimate of drug-likeness (QED) is 0.514. The van der Waals surface area contributed by atoms with Crippen molar-refractivity contribution in [1.82, 2.24) is 20.4 Å². The number of H-pyrrole nitrogens is 1. The molecule has 1 fully saturated rings. The van der Waals surface area contributed by atoms with Gasteiger partial charge in [-0.15, -0.1) is 0 Å². The van der Waals surface area contributed by atoms with Crippen molar-refractivity contribution in [3.8, 4) is 11.3 Å². The molecule has 0 saturated heterocycles. The first-order valence-electron chi connectivity index (χ1n) is 10.1. The lowest BCUT2D eigenvalue weighted by atomic mass is 9.81. The number of methoxy groups -OCH3 is 1. The largest absolute Gasteiger partial charge is 0.452 e. The van der Waals surface area contributed by atoms with Gasteiger partial charge in [0.15, 0.2) is 0 Å². The third-order valence-electron chi connectivity index (χ3n) is 5.96. The van der Waals surface area contributed by atoms with Crippen LogP contribution in [0.5, 0.6) is 0 Å². The highest BCUT2D eigenvalue weighted by Crippen LogP contribution is 2.53. The van der Waals surface area contributed by atoms with E-state index in [-0.39, 0.29) is 35.6 Å². The first-order chi connectivity index (χ1) is 14.4. The smallest absolute Gasteiger partial charge is 0.425 e. The third kappa shape index (κ3) is 3.76. The molecule has 2 unspecified atom stereocenters. The number of allylic oxidation sites excluding steroid dienone is 2. The Morgan fingerprint density at radius 3 is 2.60 bits per heavy atom. The van der Waals surface area contributed by atoms with E-state index in [1.165, 1.54) is 12.1 Å². The van der Waals surface area contributed by atoms with E-state index < -0.39 is 6.09 Å². The summed E-state index contributed by atoms with van der Waals surface area (Å²) in [5.74, 6) is 0.735. The van der Waals surface area contributed by atoms with Crippen molar-refractivity contribution in [1.29, 1.82) is 0 Å². The van der Waals surface area contributed by atoms with Crippen LogP contribution in [-0.2, 0) is 9.53 Å². The highest BCUT2D eigenvalue weighted by atomic mass is 79.9. The van der Waals surface area contributed by atoms with Crippen LogP contribution >= 0.6 is 15.9 Å². The highest BCUT2D eigenvalue weighted by Gasteiger charge is 2.51. The van der Waals surface area contributed by atoms with Crippen LogP contribution in [0.2, 0.25) is 0 Å². The fraction of sp³-hybridized carbons (Fsp3) is 0.409. The summed E-state index contributed by atoms with van der Waals surface area (Å²) in [4.78, 5) is 33.4. The van der Waals surface area contributed by atoms with Crippen molar-refractivity contribution in [3.05, 3.63) is 52.9 Å². The molecule has 7 nitrogen and oxygen atoms in total. The van der Waals surface area contributed by atoms with E-state index in [1.54, 1.807) is 0 Å². The zero-order valence-electron chi connectivity index (χ0n) is 17.1. The average molecular weight is 473 g/mol. The first-order valence-corrected chi connectivity index (χ1v) is 10.8. The van der Waals surface area contributed by atoms with Gasteiger partial charge in [-0.25, -0.2) is 20.2 Å². The van der Waals surface area contributed by atoms with E-state index >= 15 is 0 Å². The molecule has 1 saturated carbocycles. The van der Waals surface area contributed by atoms with Gasteiger partial charge in [0.25, 0.3) is 0 Å². The fourth-order valence-corrected chi connectivity index (χ4v) is 4.82. The van der Waals surface area contributed by atoms with Crippen LogP contribution < -0.4 is 5.43 Å². The third-order valence-corrected chi connectivity index (χ3v) is 6.49. The molecular weight excluding hydrogens is 448 g/mol. The van der Waals surface area contributed by atoms with Crippen LogP contribution in [0.15, 0.2) is 47.1 Å². The molecular formula is C22H25BrN4O3. The molecule has 0 aliphatic heterocycles. The highest BCUT2D eigenvalue weighted by molar-refractivity contribution is 9.10. The van der Waals surface area contributed by atoms with E-state index in [4.69, 9.17) is 4.74 Å². The Kier molecular flexibility index (Phi) is 5.69. The molecule has 1 aromatic heterocycles. The molecule has 30 heavy (non-hydrogen) atoms. The van der Waals surface area contributed by atoms with Gasteiger partial charge < -0.3 is 9.72 Å². The van der Waals surface area contributed by atoms with E-state index in [1.807, 2.05) is 44.3 Å². The molecule has 2 aliphatic carbocycles. The number of carbonyl (C=O) groups is 2. The maximum Gasteiger partial charge on any atom is 0.425 e. The molecule has 2 aromatic rings. The Labute approximate surface area is 184 Å². The predicted octanol–water partition coefficient (Wildman–Crippen LogP) is 4.25. The van der Waals surface area contributed by atoms with Crippen LogP contribution in [0.3, 0.4) is 0 Å². The Bertz CT molecular complexity index is 969. The molecule has 4 atom stereocenters. The van der Waals surface area contributed by atoms with E-state index in [9.17, 15) is 9.59 Å². The maximum atomic E-state index is 13.5. The zero-order chi connectivity index (χ0) is 21.4. The molecule has 2 aliphatic rings. The molecule has 1 aromatic carbocycles. The van der Waals surface area contributed by atoms with Gasteiger partial charge in [-0.05, 0) is 49.8 Å². The molecule has 0 radical (unpaired) electrons. The second-order valence-electron chi connectivity index (χ2n) is 8.09. The van der Waals surface area contributed by atoms with Crippen LogP contribution in [0.25, 0.3) is 11.3 Å². The number of carbonyl (C=O) groups excluding carboxylic acids is 2. The number of aromatic nitrogens is 2. The van der Waals surface area contributed by atoms with Crippen molar-refractivity contribution in [2.24, 2.45) is 17.8 Å². The van der Waals surface area contributed by atoms with Gasteiger partial charge in [-0.3, -0.25) is 4.79 Å². The van der Waals surface area contributed by atoms with E-state index in [0.717, 1.165) is 28.0 Å². The number of rotatable bonds is 4. The summed E-state index contributed by atoms with van der Waals surface area (Å²) in [5, 5.41) is 1.39. The summed E-state index contributed by atoms with van der Waals surface area (Å²) >= 11 is 3.46. The number of nitrogens with zero attached hydrogens (tertiary/aromatic N) is 2. The van der Waals surface area contributed by atoms with Crippen molar-refractivity contribution in [3.63, 3.8) is 0 Å². The number of benzene rings is 1. The van der Waals surface area contributed by atoms with Crippen molar-refractivity contribution < 1.29 is 14.3 Å². The molecule has 8 heteroatoms.